The molecular weight excluding hydrogens is 239 g/mol. The molecule has 5 atom stereocenters. The number of piperidine rings is 1. The second kappa shape index (κ2) is 5.77. The van der Waals surface area contributed by atoms with Crippen molar-refractivity contribution >= 4 is 17.6 Å². The topological polar surface area (TPSA) is 84.6 Å². The first-order chi connectivity index (χ1) is 7.41. The summed E-state index contributed by atoms with van der Waals surface area (Å²) in [6.45, 7) is 2.03. The molecule has 5 unspecified atom stereocenters. The van der Waals surface area contributed by atoms with Gasteiger partial charge in [-0.05, 0) is 6.92 Å². The van der Waals surface area contributed by atoms with Gasteiger partial charge >= 0.3 is 5.97 Å². The zero-order valence-corrected chi connectivity index (χ0v) is 9.65. The number of rotatable bonds is 4. The number of nitrogens with one attached hydrogen (secondary N) is 1. The lowest BCUT2D eigenvalue weighted by Crippen LogP contribution is -2.58. The van der Waals surface area contributed by atoms with Crippen LogP contribution in [0.5, 0.6) is 0 Å². The number of aliphatic carboxylic acids is 1. The normalized spacial score (nSPS) is 37.0. The molecule has 0 radical (unpaired) electrons. The van der Waals surface area contributed by atoms with Gasteiger partial charge in [-0.25, -0.2) is 4.39 Å². The van der Waals surface area contributed by atoms with E-state index in [1.165, 1.54) is 0 Å². The zero-order chi connectivity index (χ0) is 12.3. The van der Waals surface area contributed by atoms with Crippen LogP contribution in [0.15, 0.2) is 0 Å². The second-order valence-corrected chi connectivity index (χ2v) is 4.54. The molecule has 0 aromatic carbocycles. The Hall–Kier alpha value is -0.430. The molecule has 7 heteroatoms. The summed E-state index contributed by atoms with van der Waals surface area (Å²) < 4.78 is 18.7. The summed E-state index contributed by atoms with van der Waals surface area (Å²) in [6, 6.07) is -1.49. The summed E-state index contributed by atoms with van der Waals surface area (Å²) in [5.41, 5.74) is 5.49. The van der Waals surface area contributed by atoms with E-state index in [4.69, 9.17) is 27.2 Å². The van der Waals surface area contributed by atoms with E-state index in [0.29, 0.717) is 0 Å². The first kappa shape index (κ1) is 13.6. The summed E-state index contributed by atoms with van der Waals surface area (Å²) in [5.74, 6) is -1.27. The fourth-order valence-electron chi connectivity index (χ4n) is 1.50. The molecule has 0 amide bonds. The van der Waals surface area contributed by atoms with Crippen molar-refractivity contribution < 1.29 is 19.0 Å². The van der Waals surface area contributed by atoms with E-state index in [1.807, 2.05) is 0 Å². The average Bonchev–Trinajstić information content (AvgIpc) is 2.19. The Bertz CT molecular complexity index is 255. The van der Waals surface area contributed by atoms with Gasteiger partial charge in [-0.3, -0.25) is 10.1 Å². The number of carboxylic acids is 1. The molecule has 1 heterocycles. The highest BCUT2D eigenvalue weighted by molar-refractivity contribution is 6.21. The highest BCUT2D eigenvalue weighted by Gasteiger charge is 2.41. The van der Waals surface area contributed by atoms with Gasteiger partial charge in [-0.2, -0.15) is 0 Å². The Morgan fingerprint density at radius 3 is 2.94 bits per heavy atom. The average molecular weight is 255 g/mol. The lowest BCUT2D eigenvalue weighted by atomic mass is 10.0. The van der Waals surface area contributed by atoms with Crippen molar-refractivity contribution in [1.82, 2.24) is 5.32 Å². The van der Waals surface area contributed by atoms with Gasteiger partial charge in [0.2, 0.25) is 0 Å². The van der Waals surface area contributed by atoms with Gasteiger partial charge in [0, 0.05) is 12.5 Å². The van der Waals surface area contributed by atoms with Crippen LogP contribution < -0.4 is 11.1 Å². The molecule has 0 bridgehead atoms. The summed E-state index contributed by atoms with van der Waals surface area (Å²) in [7, 11) is 0. The SMILES string of the molecule is CC(N)COC1CC(Cl)C(F)C(C(=O)O)N1. The number of carbonyl (C=O) groups is 1. The van der Waals surface area contributed by atoms with E-state index in [0.717, 1.165) is 0 Å². The number of ether oxygens (including phenoxy) is 1. The molecule has 4 N–H and O–H groups in total. The van der Waals surface area contributed by atoms with Gasteiger partial charge in [-0.1, -0.05) is 0 Å². The van der Waals surface area contributed by atoms with E-state index in [-0.39, 0.29) is 19.1 Å². The minimum atomic E-state index is -1.62. The van der Waals surface area contributed by atoms with Crippen molar-refractivity contribution in [3.05, 3.63) is 0 Å². The van der Waals surface area contributed by atoms with Crippen LogP contribution in [-0.4, -0.2) is 47.5 Å². The third-order valence-corrected chi connectivity index (χ3v) is 2.71. The van der Waals surface area contributed by atoms with Crippen molar-refractivity contribution in [2.75, 3.05) is 6.61 Å². The highest BCUT2D eigenvalue weighted by Crippen LogP contribution is 2.23. The number of hydrogen-bond donors (Lipinski definition) is 3. The second-order valence-electron chi connectivity index (χ2n) is 3.98. The van der Waals surface area contributed by atoms with Crippen molar-refractivity contribution in [3.63, 3.8) is 0 Å². The molecule has 1 aliphatic rings. The van der Waals surface area contributed by atoms with Gasteiger partial charge in [0.1, 0.15) is 18.4 Å². The van der Waals surface area contributed by atoms with Crippen LogP contribution >= 0.6 is 11.6 Å². The van der Waals surface area contributed by atoms with Crippen LogP contribution in [0.3, 0.4) is 0 Å². The van der Waals surface area contributed by atoms with Crippen molar-refractivity contribution in [1.29, 1.82) is 0 Å². The molecular formula is C9H16ClFN2O3. The minimum Gasteiger partial charge on any atom is -0.480 e. The number of hydrogen-bond acceptors (Lipinski definition) is 4. The predicted octanol–water partition coefficient (Wildman–Crippen LogP) is 0.0683. The monoisotopic (exact) mass is 254 g/mol. The van der Waals surface area contributed by atoms with E-state index in [9.17, 15) is 9.18 Å². The highest BCUT2D eigenvalue weighted by atomic mass is 35.5. The summed E-state index contributed by atoms with van der Waals surface area (Å²) in [5, 5.41) is 10.5. The molecule has 5 nitrogen and oxygen atoms in total. The Morgan fingerprint density at radius 1 is 1.81 bits per heavy atom. The summed E-state index contributed by atoms with van der Waals surface area (Å²) in [4.78, 5) is 10.8. The maximum atomic E-state index is 13.4. The zero-order valence-electron chi connectivity index (χ0n) is 8.90. The molecule has 1 fully saturated rings. The van der Waals surface area contributed by atoms with E-state index in [2.05, 4.69) is 5.32 Å². The first-order valence-electron chi connectivity index (χ1n) is 5.06. The smallest absolute Gasteiger partial charge is 0.323 e. The van der Waals surface area contributed by atoms with Crippen LogP contribution in [0, 0.1) is 0 Å². The fourth-order valence-corrected chi connectivity index (χ4v) is 1.80. The maximum absolute atomic E-state index is 13.4. The number of carboxylic acid groups (broad SMARTS) is 1. The van der Waals surface area contributed by atoms with Crippen LogP contribution in [0.4, 0.5) is 4.39 Å². The van der Waals surface area contributed by atoms with E-state index < -0.39 is 29.8 Å². The third-order valence-electron chi connectivity index (χ3n) is 2.30. The molecule has 1 saturated heterocycles. The molecule has 0 saturated carbocycles. The van der Waals surface area contributed by atoms with Crippen LogP contribution in [0.1, 0.15) is 13.3 Å². The molecule has 0 aromatic rings. The van der Waals surface area contributed by atoms with Crippen molar-refractivity contribution in [2.24, 2.45) is 5.73 Å². The quantitative estimate of drug-likeness (QED) is 0.618. The predicted molar refractivity (Wildman–Crippen MR) is 57.1 cm³/mol. The van der Waals surface area contributed by atoms with Gasteiger partial charge in [0.05, 0.1) is 12.0 Å². The lowest BCUT2D eigenvalue weighted by molar-refractivity contribution is -0.145. The molecule has 16 heavy (non-hydrogen) atoms. The van der Waals surface area contributed by atoms with E-state index >= 15 is 0 Å². The third kappa shape index (κ3) is 3.55. The van der Waals surface area contributed by atoms with Crippen LogP contribution in [0.25, 0.3) is 0 Å². The largest absolute Gasteiger partial charge is 0.480 e. The number of halogens is 2. The Morgan fingerprint density at radius 2 is 2.44 bits per heavy atom. The van der Waals surface area contributed by atoms with E-state index in [1.54, 1.807) is 6.92 Å². The van der Waals surface area contributed by atoms with Crippen molar-refractivity contribution in [3.8, 4) is 0 Å². The molecule has 0 aliphatic carbocycles. The minimum absolute atomic E-state index is 0.165. The molecule has 94 valence electrons. The Balaban J connectivity index is 2.53. The van der Waals surface area contributed by atoms with Crippen molar-refractivity contribution in [2.45, 2.75) is 43.2 Å². The van der Waals surface area contributed by atoms with Crippen LogP contribution in [0.2, 0.25) is 0 Å². The maximum Gasteiger partial charge on any atom is 0.323 e. The standard InChI is InChI=1S/C9H16ClFN2O3/c1-4(12)3-16-6-2-5(10)7(11)8(13-6)9(14)15/h4-8,13H,2-3,12H2,1H3,(H,14,15). The molecule has 0 aromatic heterocycles. The molecule has 1 rings (SSSR count). The summed E-state index contributed by atoms with van der Waals surface area (Å²) in [6.07, 6.45) is -1.96. The fraction of sp³-hybridized carbons (Fsp3) is 0.889. The summed E-state index contributed by atoms with van der Waals surface area (Å²) >= 11 is 5.73. The van der Waals surface area contributed by atoms with Gasteiger partial charge in [0.25, 0.3) is 0 Å². The number of nitrogens with two attached hydrogens (primary N) is 1. The van der Waals surface area contributed by atoms with Gasteiger partial charge < -0.3 is 15.6 Å². The lowest BCUT2D eigenvalue weighted by Gasteiger charge is -2.34. The van der Waals surface area contributed by atoms with Gasteiger partial charge in [0.15, 0.2) is 0 Å². The first-order valence-corrected chi connectivity index (χ1v) is 5.49. The van der Waals surface area contributed by atoms with Crippen LogP contribution in [-0.2, 0) is 9.53 Å². The molecule has 1 aliphatic heterocycles. The number of alkyl halides is 2. The Kier molecular flexibility index (Phi) is 4.91. The molecule has 0 spiro atoms. The van der Waals surface area contributed by atoms with Gasteiger partial charge in [-0.15, -0.1) is 11.6 Å². The Labute approximate surface area is 98.1 Å².